The molecular weight excluding hydrogens is 402 g/mol. The molecule has 1 saturated heterocycles. The first-order valence-electron chi connectivity index (χ1n) is 11.0. The van der Waals surface area contributed by atoms with Crippen molar-refractivity contribution in [2.45, 2.75) is 61.9 Å². The third-order valence-corrected chi connectivity index (χ3v) is 9.71. The van der Waals surface area contributed by atoms with Crippen molar-refractivity contribution < 1.29 is 18.0 Å². The lowest BCUT2D eigenvalue weighted by Crippen LogP contribution is -2.58. The van der Waals surface area contributed by atoms with Crippen molar-refractivity contribution in [1.82, 2.24) is 9.62 Å². The monoisotopic (exact) mass is 431 g/mol. The summed E-state index contributed by atoms with van der Waals surface area (Å²) in [5.74, 6) is 2.01. The Balaban J connectivity index is 1.32. The van der Waals surface area contributed by atoms with Crippen LogP contribution in [0.15, 0.2) is 29.2 Å². The van der Waals surface area contributed by atoms with E-state index in [1.165, 1.54) is 60.7 Å². The molecule has 1 aromatic rings. The fourth-order valence-electron chi connectivity index (χ4n) is 6.64. The number of nitrogens with two attached hydrogens (primary N) is 1. The number of nitrogens with zero attached hydrogens (tertiary/aromatic N) is 1. The molecule has 30 heavy (non-hydrogen) atoms. The second-order valence-electron chi connectivity index (χ2n) is 9.63. The van der Waals surface area contributed by atoms with E-state index in [9.17, 15) is 18.0 Å². The molecule has 1 unspecified atom stereocenters. The molecule has 2 amide bonds. The number of benzene rings is 1. The molecule has 1 aliphatic heterocycles. The van der Waals surface area contributed by atoms with Crippen molar-refractivity contribution in [3.05, 3.63) is 29.8 Å². The lowest BCUT2D eigenvalue weighted by atomic mass is 9.54. The zero-order valence-electron chi connectivity index (χ0n) is 17.0. The summed E-state index contributed by atoms with van der Waals surface area (Å²) in [6.45, 7) is 0.333. The van der Waals surface area contributed by atoms with Gasteiger partial charge in [0, 0.05) is 18.2 Å². The van der Waals surface area contributed by atoms with E-state index in [1.807, 2.05) is 0 Å². The fourth-order valence-corrected chi connectivity index (χ4v) is 8.29. The van der Waals surface area contributed by atoms with Crippen LogP contribution in [0.4, 0.5) is 0 Å². The minimum atomic E-state index is -3.82. The van der Waals surface area contributed by atoms with E-state index in [0.717, 1.165) is 11.8 Å². The highest BCUT2D eigenvalue weighted by atomic mass is 32.2. The summed E-state index contributed by atoms with van der Waals surface area (Å²) in [6, 6.07) is 5.14. The van der Waals surface area contributed by atoms with Crippen LogP contribution in [0.25, 0.3) is 0 Å². The van der Waals surface area contributed by atoms with Crippen molar-refractivity contribution in [2.75, 3.05) is 6.54 Å². The molecule has 8 heteroatoms. The number of rotatable bonds is 5. The number of amides is 2. The molecule has 162 valence electrons. The summed E-state index contributed by atoms with van der Waals surface area (Å²) in [4.78, 5) is 24.5. The Morgan fingerprint density at radius 2 is 1.57 bits per heavy atom. The third-order valence-electron chi connectivity index (χ3n) is 7.79. The molecule has 0 radical (unpaired) electrons. The molecule has 0 aromatic heterocycles. The van der Waals surface area contributed by atoms with Gasteiger partial charge in [-0.1, -0.05) is 0 Å². The molecule has 7 nitrogen and oxygen atoms in total. The Bertz CT molecular complexity index is 931. The number of carbonyl (C=O) groups is 2. The Labute approximate surface area is 177 Å². The third kappa shape index (κ3) is 3.34. The van der Waals surface area contributed by atoms with E-state index in [1.54, 1.807) is 0 Å². The molecule has 5 aliphatic rings. The van der Waals surface area contributed by atoms with Gasteiger partial charge in [-0.2, -0.15) is 4.31 Å². The second kappa shape index (κ2) is 7.34. The maximum atomic E-state index is 13.2. The normalized spacial score (nSPS) is 35.5. The number of nitrogens with one attached hydrogen (secondary N) is 1. The zero-order chi connectivity index (χ0) is 21.0. The van der Waals surface area contributed by atoms with Gasteiger partial charge in [-0.25, -0.2) is 8.42 Å². The molecule has 1 atom stereocenters. The molecule has 1 heterocycles. The second-order valence-corrected chi connectivity index (χ2v) is 11.5. The van der Waals surface area contributed by atoms with Crippen LogP contribution in [0.1, 0.15) is 55.3 Å². The Kier molecular flexibility index (Phi) is 4.89. The predicted octanol–water partition coefficient (Wildman–Crippen LogP) is 1.88. The van der Waals surface area contributed by atoms with Crippen molar-refractivity contribution in [1.29, 1.82) is 0 Å². The summed E-state index contributed by atoms with van der Waals surface area (Å²) in [6.07, 6.45) is 7.38. The van der Waals surface area contributed by atoms with Crippen molar-refractivity contribution >= 4 is 21.8 Å². The van der Waals surface area contributed by atoms with Crippen molar-refractivity contribution in [3.63, 3.8) is 0 Å². The molecule has 1 aromatic carbocycles. The zero-order valence-corrected chi connectivity index (χ0v) is 17.8. The van der Waals surface area contributed by atoms with Crippen LogP contribution >= 0.6 is 0 Å². The van der Waals surface area contributed by atoms with Crippen molar-refractivity contribution in [2.24, 2.45) is 29.4 Å². The first-order valence-corrected chi connectivity index (χ1v) is 12.5. The van der Waals surface area contributed by atoms with Gasteiger partial charge in [0.15, 0.2) is 0 Å². The highest BCUT2D eigenvalue weighted by molar-refractivity contribution is 7.89. The number of primary amides is 1. The smallest absolute Gasteiger partial charge is 0.248 e. The van der Waals surface area contributed by atoms with E-state index in [-0.39, 0.29) is 22.4 Å². The first kappa shape index (κ1) is 20.0. The van der Waals surface area contributed by atoms with Gasteiger partial charge >= 0.3 is 0 Å². The SMILES string of the molecule is NC(=O)c1ccc(S(=O)(=O)N2CCCC2C(=O)NC2C3CC4CC(C3)CC2C4)cc1. The predicted molar refractivity (Wildman–Crippen MR) is 111 cm³/mol. The largest absolute Gasteiger partial charge is 0.366 e. The Morgan fingerprint density at radius 3 is 2.13 bits per heavy atom. The van der Waals surface area contributed by atoms with Crippen LogP contribution in [0.5, 0.6) is 0 Å². The van der Waals surface area contributed by atoms with E-state index in [0.29, 0.717) is 31.2 Å². The Hall–Kier alpha value is -1.93. The van der Waals surface area contributed by atoms with E-state index >= 15 is 0 Å². The molecule has 6 rings (SSSR count). The van der Waals surface area contributed by atoms with E-state index in [4.69, 9.17) is 5.73 Å². The first-order chi connectivity index (χ1) is 14.3. The number of sulfonamides is 1. The van der Waals surface area contributed by atoms with Gasteiger partial charge in [0.25, 0.3) is 0 Å². The van der Waals surface area contributed by atoms with Gasteiger partial charge in [-0.05, 0) is 92.9 Å². The molecule has 3 N–H and O–H groups in total. The van der Waals surface area contributed by atoms with Crippen LogP contribution in [0.3, 0.4) is 0 Å². The van der Waals surface area contributed by atoms with Crippen LogP contribution in [-0.4, -0.2) is 43.2 Å². The fraction of sp³-hybridized carbons (Fsp3) is 0.636. The Morgan fingerprint density at radius 1 is 0.967 bits per heavy atom. The van der Waals surface area contributed by atoms with Crippen LogP contribution in [0.2, 0.25) is 0 Å². The highest BCUT2D eigenvalue weighted by Gasteiger charge is 2.49. The maximum Gasteiger partial charge on any atom is 0.248 e. The molecule has 4 saturated carbocycles. The van der Waals surface area contributed by atoms with Crippen LogP contribution in [0, 0.1) is 23.7 Å². The van der Waals surface area contributed by atoms with Crippen LogP contribution in [-0.2, 0) is 14.8 Å². The summed E-state index contributed by atoms with van der Waals surface area (Å²) < 4.78 is 27.7. The molecular formula is C22H29N3O4S. The molecule has 4 aliphatic carbocycles. The number of carbonyl (C=O) groups excluding carboxylic acids is 2. The molecule has 0 spiro atoms. The topological polar surface area (TPSA) is 110 Å². The van der Waals surface area contributed by atoms with E-state index < -0.39 is 22.0 Å². The van der Waals surface area contributed by atoms with Gasteiger partial charge in [-0.3, -0.25) is 9.59 Å². The molecule has 5 fully saturated rings. The highest BCUT2D eigenvalue weighted by Crippen LogP contribution is 2.53. The lowest BCUT2D eigenvalue weighted by Gasteiger charge is -2.54. The van der Waals surface area contributed by atoms with E-state index in [2.05, 4.69) is 5.32 Å². The average molecular weight is 432 g/mol. The lowest BCUT2D eigenvalue weighted by molar-refractivity contribution is -0.128. The quantitative estimate of drug-likeness (QED) is 0.742. The standard InChI is InChI=1S/C22H29N3O4S/c23-21(26)15-3-5-18(6-4-15)30(28,29)25-7-1-2-19(25)22(27)24-20-16-9-13-8-14(11-16)12-17(20)10-13/h3-6,13-14,16-17,19-20H,1-2,7-12H2,(H2,23,26)(H,24,27). The minimum absolute atomic E-state index is 0.0850. The maximum absolute atomic E-state index is 13.2. The number of hydrogen-bond acceptors (Lipinski definition) is 4. The van der Waals surface area contributed by atoms with Gasteiger partial charge in [-0.15, -0.1) is 0 Å². The van der Waals surface area contributed by atoms with Gasteiger partial charge in [0.1, 0.15) is 6.04 Å². The van der Waals surface area contributed by atoms with Gasteiger partial charge in [0.05, 0.1) is 4.90 Å². The summed E-state index contributed by atoms with van der Waals surface area (Å²) in [5, 5.41) is 3.28. The summed E-state index contributed by atoms with van der Waals surface area (Å²) in [5.41, 5.74) is 5.50. The molecule has 4 bridgehead atoms. The minimum Gasteiger partial charge on any atom is -0.366 e. The number of hydrogen-bond donors (Lipinski definition) is 2. The van der Waals surface area contributed by atoms with Gasteiger partial charge in [0.2, 0.25) is 21.8 Å². The van der Waals surface area contributed by atoms with Crippen LogP contribution < -0.4 is 11.1 Å². The average Bonchev–Trinajstić information content (AvgIpc) is 3.21. The summed E-state index contributed by atoms with van der Waals surface area (Å²) in [7, 11) is -3.82. The summed E-state index contributed by atoms with van der Waals surface area (Å²) >= 11 is 0. The van der Waals surface area contributed by atoms with Crippen molar-refractivity contribution in [3.8, 4) is 0 Å². The van der Waals surface area contributed by atoms with Gasteiger partial charge < -0.3 is 11.1 Å².